The first kappa shape index (κ1) is 16.0. The molecule has 4 heteroatoms. The number of nitrogens with zero attached hydrogens (tertiary/aromatic N) is 1. The van der Waals surface area contributed by atoms with Crippen LogP contribution in [0.2, 0.25) is 0 Å². The van der Waals surface area contributed by atoms with Crippen molar-refractivity contribution in [3.63, 3.8) is 0 Å². The van der Waals surface area contributed by atoms with E-state index >= 15 is 0 Å². The van der Waals surface area contributed by atoms with Gasteiger partial charge in [0.1, 0.15) is 6.04 Å². The molecule has 2 aromatic carbocycles. The van der Waals surface area contributed by atoms with Gasteiger partial charge in [0.25, 0.3) is 0 Å². The minimum Gasteiger partial charge on any atom is -0.350 e. The third kappa shape index (κ3) is 3.08. The first-order chi connectivity index (χ1) is 11.6. The zero-order chi connectivity index (χ0) is 17.1. The standard InChI is InChI=1S/C20H20N2O2/c1-14(20(24)21-12-16-8-4-3-5-9-16)22-13-18(15(2)23)17-10-6-7-11-19(17)22/h3-11,13-14H,12H2,1-2H3,(H,21,24)/t14-/m1/s1. The zero-order valence-electron chi connectivity index (χ0n) is 13.8. The lowest BCUT2D eigenvalue weighted by atomic mass is 10.1. The van der Waals surface area contributed by atoms with E-state index in [0.29, 0.717) is 12.1 Å². The van der Waals surface area contributed by atoms with Crippen LogP contribution in [0, 0.1) is 0 Å². The van der Waals surface area contributed by atoms with E-state index < -0.39 is 6.04 Å². The highest BCUT2D eigenvalue weighted by Crippen LogP contribution is 2.25. The molecule has 24 heavy (non-hydrogen) atoms. The van der Waals surface area contributed by atoms with E-state index in [-0.39, 0.29) is 11.7 Å². The molecular formula is C20H20N2O2. The van der Waals surface area contributed by atoms with E-state index in [4.69, 9.17) is 0 Å². The third-order valence-electron chi connectivity index (χ3n) is 4.23. The van der Waals surface area contributed by atoms with Crippen molar-refractivity contribution >= 4 is 22.6 Å². The van der Waals surface area contributed by atoms with E-state index in [1.165, 1.54) is 0 Å². The van der Waals surface area contributed by atoms with Gasteiger partial charge in [0.15, 0.2) is 5.78 Å². The maximum Gasteiger partial charge on any atom is 0.243 e. The Morgan fingerprint density at radius 1 is 1.04 bits per heavy atom. The summed E-state index contributed by atoms with van der Waals surface area (Å²) in [6.07, 6.45) is 1.78. The summed E-state index contributed by atoms with van der Waals surface area (Å²) in [5.41, 5.74) is 2.60. The van der Waals surface area contributed by atoms with Crippen LogP contribution in [0.25, 0.3) is 10.9 Å². The fourth-order valence-electron chi connectivity index (χ4n) is 2.86. The fourth-order valence-corrected chi connectivity index (χ4v) is 2.86. The van der Waals surface area contributed by atoms with Gasteiger partial charge in [-0.15, -0.1) is 0 Å². The van der Waals surface area contributed by atoms with E-state index in [1.807, 2.05) is 66.1 Å². The maximum atomic E-state index is 12.5. The summed E-state index contributed by atoms with van der Waals surface area (Å²) in [6, 6.07) is 17.1. The number of rotatable bonds is 5. The average molecular weight is 320 g/mol. The van der Waals surface area contributed by atoms with Crippen LogP contribution in [0.1, 0.15) is 35.8 Å². The van der Waals surface area contributed by atoms with Crippen LogP contribution >= 0.6 is 0 Å². The Morgan fingerprint density at radius 3 is 2.42 bits per heavy atom. The molecule has 0 saturated carbocycles. The number of carbonyl (C=O) groups is 2. The van der Waals surface area contributed by atoms with Crippen LogP contribution in [0.4, 0.5) is 0 Å². The van der Waals surface area contributed by atoms with Crippen molar-refractivity contribution in [3.05, 3.63) is 71.9 Å². The largest absolute Gasteiger partial charge is 0.350 e. The molecule has 1 N–H and O–H groups in total. The molecule has 0 aliphatic heterocycles. The van der Waals surface area contributed by atoms with Crippen molar-refractivity contribution in [2.45, 2.75) is 26.4 Å². The fraction of sp³-hybridized carbons (Fsp3) is 0.200. The molecule has 1 atom stereocenters. The molecule has 0 aliphatic rings. The summed E-state index contributed by atoms with van der Waals surface area (Å²) in [6.45, 7) is 3.88. The van der Waals surface area contributed by atoms with Crippen molar-refractivity contribution in [3.8, 4) is 0 Å². The quantitative estimate of drug-likeness (QED) is 0.728. The van der Waals surface area contributed by atoms with E-state index in [0.717, 1.165) is 16.5 Å². The molecule has 0 aliphatic carbocycles. The van der Waals surface area contributed by atoms with Crippen LogP contribution in [0.15, 0.2) is 60.8 Å². The molecule has 3 aromatic rings. The van der Waals surface area contributed by atoms with Crippen molar-refractivity contribution in [2.24, 2.45) is 0 Å². The number of benzene rings is 2. The normalized spacial score (nSPS) is 12.1. The first-order valence-corrected chi connectivity index (χ1v) is 8.00. The number of para-hydroxylation sites is 1. The Labute approximate surface area is 141 Å². The van der Waals surface area contributed by atoms with Gasteiger partial charge in [0.05, 0.1) is 0 Å². The average Bonchev–Trinajstić information content (AvgIpc) is 3.00. The van der Waals surface area contributed by atoms with Crippen molar-refractivity contribution in [1.82, 2.24) is 9.88 Å². The summed E-state index contributed by atoms with van der Waals surface area (Å²) < 4.78 is 1.87. The highest BCUT2D eigenvalue weighted by molar-refractivity contribution is 6.07. The minimum absolute atomic E-state index is 0.00171. The maximum absolute atomic E-state index is 12.5. The van der Waals surface area contributed by atoms with E-state index in [2.05, 4.69) is 5.32 Å². The Hall–Kier alpha value is -2.88. The van der Waals surface area contributed by atoms with Crippen LogP contribution < -0.4 is 5.32 Å². The molecule has 1 aromatic heterocycles. The van der Waals surface area contributed by atoms with Gasteiger partial charge in [-0.25, -0.2) is 0 Å². The van der Waals surface area contributed by atoms with Gasteiger partial charge < -0.3 is 9.88 Å². The second-order valence-corrected chi connectivity index (χ2v) is 5.90. The number of hydrogen-bond acceptors (Lipinski definition) is 2. The number of nitrogens with one attached hydrogen (secondary N) is 1. The van der Waals surface area contributed by atoms with Gasteiger partial charge in [0, 0.05) is 29.2 Å². The van der Waals surface area contributed by atoms with Crippen LogP contribution in [-0.4, -0.2) is 16.3 Å². The summed E-state index contributed by atoms with van der Waals surface area (Å²) in [4.78, 5) is 24.4. The van der Waals surface area contributed by atoms with Crippen molar-refractivity contribution in [2.75, 3.05) is 0 Å². The smallest absolute Gasteiger partial charge is 0.243 e. The molecule has 0 saturated heterocycles. The lowest BCUT2D eigenvalue weighted by Gasteiger charge is -2.15. The topological polar surface area (TPSA) is 51.1 Å². The summed E-state index contributed by atoms with van der Waals surface area (Å²) in [5.74, 6) is -0.0726. The van der Waals surface area contributed by atoms with Crippen molar-refractivity contribution < 1.29 is 9.59 Å². The van der Waals surface area contributed by atoms with Crippen LogP contribution in [0.5, 0.6) is 0 Å². The predicted molar refractivity (Wildman–Crippen MR) is 94.9 cm³/mol. The van der Waals surface area contributed by atoms with Gasteiger partial charge in [-0.05, 0) is 25.5 Å². The summed E-state index contributed by atoms with van der Waals surface area (Å²) in [7, 11) is 0. The molecule has 122 valence electrons. The molecule has 4 nitrogen and oxygen atoms in total. The van der Waals surface area contributed by atoms with Crippen LogP contribution in [-0.2, 0) is 11.3 Å². The zero-order valence-corrected chi connectivity index (χ0v) is 13.8. The molecule has 1 heterocycles. The lowest BCUT2D eigenvalue weighted by Crippen LogP contribution is -2.30. The lowest BCUT2D eigenvalue weighted by molar-refractivity contribution is -0.123. The Bertz CT molecular complexity index is 881. The Balaban J connectivity index is 1.84. The summed E-state index contributed by atoms with van der Waals surface area (Å²) >= 11 is 0. The van der Waals surface area contributed by atoms with Crippen LogP contribution in [0.3, 0.4) is 0 Å². The predicted octanol–water partition coefficient (Wildman–Crippen LogP) is 3.72. The van der Waals surface area contributed by atoms with Crippen molar-refractivity contribution in [1.29, 1.82) is 0 Å². The second kappa shape index (κ2) is 6.71. The van der Waals surface area contributed by atoms with Gasteiger partial charge in [-0.3, -0.25) is 9.59 Å². The van der Waals surface area contributed by atoms with E-state index in [9.17, 15) is 9.59 Å². The molecule has 3 rings (SSSR count). The van der Waals surface area contributed by atoms with E-state index in [1.54, 1.807) is 13.1 Å². The molecule has 0 spiro atoms. The number of ketones is 1. The Morgan fingerprint density at radius 2 is 1.71 bits per heavy atom. The number of carbonyl (C=O) groups excluding carboxylic acids is 2. The van der Waals surface area contributed by atoms with Gasteiger partial charge in [-0.1, -0.05) is 48.5 Å². The highest BCUT2D eigenvalue weighted by Gasteiger charge is 2.19. The molecular weight excluding hydrogens is 300 g/mol. The van der Waals surface area contributed by atoms with Gasteiger partial charge >= 0.3 is 0 Å². The molecule has 1 amide bonds. The molecule has 0 radical (unpaired) electrons. The number of aromatic nitrogens is 1. The number of fused-ring (bicyclic) bond motifs is 1. The highest BCUT2D eigenvalue weighted by atomic mass is 16.2. The number of hydrogen-bond donors (Lipinski definition) is 1. The van der Waals surface area contributed by atoms with Gasteiger partial charge in [0.2, 0.25) is 5.91 Å². The summed E-state index contributed by atoms with van der Waals surface area (Å²) in [5, 5.41) is 3.84. The first-order valence-electron chi connectivity index (χ1n) is 8.00. The van der Waals surface area contributed by atoms with Gasteiger partial charge in [-0.2, -0.15) is 0 Å². The SMILES string of the molecule is CC(=O)c1cn([C@H](C)C(=O)NCc2ccccc2)c2ccccc12. The Kier molecular flexibility index (Phi) is 4.47. The number of amides is 1. The molecule has 0 unspecified atom stereocenters. The molecule has 0 bridgehead atoms. The molecule has 0 fully saturated rings. The minimum atomic E-state index is -0.397. The number of Topliss-reactive ketones (excluding diaryl/α,β-unsaturated/α-hetero) is 1. The monoisotopic (exact) mass is 320 g/mol. The third-order valence-corrected chi connectivity index (χ3v) is 4.23. The second-order valence-electron chi connectivity index (χ2n) is 5.90.